The van der Waals surface area contributed by atoms with Crippen LogP contribution in [0.1, 0.15) is 129 Å². The maximum Gasteiger partial charge on any atom is 0.266 e. The molecule has 0 rings (SSSR count). The Bertz CT molecular complexity index is 524. The van der Waals surface area contributed by atoms with E-state index in [1.54, 1.807) is 0 Å². The summed E-state index contributed by atoms with van der Waals surface area (Å²) in [5.41, 5.74) is 0. The first-order valence-corrected chi connectivity index (χ1v) is 14.3. The molecule has 3 N–H and O–H groups in total. The number of aliphatic hydroxyl groups excluding tert-OH is 1. The van der Waals surface area contributed by atoms with Crippen LogP contribution < -0.4 is 5.32 Å². The van der Waals surface area contributed by atoms with E-state index in [4.69, 9.17) is 0 Å². The Morgan fingerprint density at radius 1 is 0.742 bits per heavy atom. The van der Waals surface area contributed by atoms with Crippen molar-refractivity contribution in [3.63, 3.8) is 0 Å². The van der Waals surface area contributed by atoms with Crippen molar-refractivity contribution in [3.8, 4) is 0 Å². The van der Waals surface area contributed by atoms with Crippen LogP contribution in [0, 0.1) is 0 Å². The van der Waals surface area contributed by atoms with Crippen molar-refractivity contribution in [1.82, 2.24) is 5.32 Å². The highest BCUT2D eigenvalue weighted by Crippen LogP contribution is 2.14. The van der Waals surface area contributed by atoms with Crippen LogP contribution in [0.25, 0.3) is 0 Å². The Morgan fingerprint density at radius 2 is 1.16 bits per heavy atom. The summed E-state index contributed by atoms with van der Waals surface area (Å²) < 4.78 is 31.9. The van der Waals surface area contributed by atoms with Gasteiger partial charge in [-0.3, -0.25) is 9.35 Å². The largest absolute Gasteiger partial charge is 0.391 e. The number of carbonyl (C=O) groups excluding carboxylic acids is 1. The number of nitrogens with one attached hydrogen (secondary N) is 1. The quantitative estimate of drug-likeness (QED) is 0.139. The van der Waals surface area contributed by atoms with Gasteiger partial charge in [-0.1, -0.05) is 110 Å². The Hall–Kier alpha value is -0.660. The molecule has 2 unspecified atom stereocenters. The van der Waals surface area contributed by atoms with Gasteiger partial charge in [0.2, 0.25) is 5.91 Å². The van der Waals surface area contributed by atoms with Crippen molar-refractivity contribution in [1.29, 1.82) is 0 Å². The molecule has 0 heterocycles. The van der Waals surface area contributed by atoms with E-state index < -0.39 is 28.0 Å². The standard InChI is InChI=1S/C24H49NO5S/c1-3-5-7-9-11-13-15-17-19-23(26)22(21-31(28,29)30)25-24(27)20-18-16-14-12-10-8-6-4-2/h22-23,26H,3-21H2,1-2H3,(H,25,27)(H,28,29,30). The molecule has 186 valence electrons. The molecular formula is C24H49NO5S. The van der Waals surface area contributed by atoms with Gasteiger partial charge >= 0.3 is 0 Å². The van der Waals surface area contributed by atoms with E-state index in [0.717, 1.165) is 38.5 Å². The molecule has 0 spiro atoms. The summed E-state index contributed by atoms with van der Waals surface area (Å²) in [7, 11) is -4.28. The second-order valence-electron chi connectivity index (χ2n) is 8.98. The average Bonchev–Trinajstić information content (AvgIpc) is 2.70. The Balaban J connectivity index is 4.14. The van der Waals surface area contributed by atoms with E-state index in [0.29, 0.717) is 12.8 Å². The fraction of sp³-hybridized carbons (Fsp3) is 0.958. The van der Waals surface area contributed by atoms with Crippen LogP contribution in [0.2, 0.25) is 0 Å². The maximum absolute atomic E-state index is 12.2. The first kappa shape index (κ1) is 30.3. The van der Waals surface area contributed by atoms with Crippen molar-refractivity contribution in [2.75, 3.05) is 5.75 Å². The van der Waals surface area contributed by atoms with Gasteiger partial charge in [-0.25, -0.2) is 0 Å². The van der Waals surface area contributed by atoms with Crippen molar-refractivity contribution >= 4 is 16.0 Å². The highest BCUT2D eigenvalue weighted by atomic mass is 32.2. The van der Waals surface area contributed by atoms with Gasteiger partial charge in [0.25, 0.3) is 10.1 Å². The lowest BCUT2D eigenvalue weighted by Gasteiger charge is -2.23. The normalized spacial score (nSPS) is 13.8. The molecule has 0 aromatic carbocycles. The molecule has 1 amide bonds. The molecule has 0 aliphatic rings. The van der Waals surface area contributed by atoms with Crippen molar-refractivity contribution < 1.29 is 22.9 Å². The van der Waals surface area contributed by atoms with Crippen molar-refractivity contribution in [2.45, 2.75) is 142 Å². The van der Waals surface area contributed by atoms with Crippen LogP contribution in [0.4, 0.5) is 0 Å². The third kappa shape index (κ3) is 21.0. The molecule has 2 atom stereocenters. The molecule has 6 nitrogen and oxygen atoms in total. The fourth-order valence-electron chi connectivity index (χ4n) is 3.86. The minimum atomic E-state index is -4.28. The molecule has 0 saturated carbocycles. The lowest BCUT2D eigenvalue weighted by molar-refractivity contribution is -0.122. The molecule has 0 fully saturated rings. The van der Waals surface area contributed by atoms with Crippen LogP contribution in [0.3, 0.4) is 0 Å². The van der Waals surface area contributed by atoms with Crippen molar-refractivity contribution in [2.24, 2.45) is 0 Å². The Labute approximate surface area is 191 Å². The molecular weight excluding hydrogens is 414 g/mol. The van der Waals surface area contributed by atoms with Gasteiger partial charge in [-0.05, 0) is 12.8 Å². The highest BCUT2D eigenvalue weighted by molar-refractivity contribution is 7.85. The summed E-state index contributed by atoms with van der Waals surface area (Å²) in [6.45, 7) is 4.39. The van der Waals surface area contributed by atoms with Gasteiger partial charge in [0.15, 0.2) is 0 Å². The second kappa shape index (κ2) is 20.0. The van der Waals surface area contributed by atoms with Crippen LogP contribution in [0.15, 0.2) is 0 Å². The monoisotopic (exact) mass is 463 g/mol. The van der Waals surface area contributed by atoms with Gasteiger partial charge in [0.1, 0.15) is 0 Å². The molecule has 0 aromatic rings. The maximum atomic E-state index is 12.2. The average molecular weight is 464 g/mol. The van der Waals surface area contributed by atoms with Gasteiger partial charge < -0.3 is 10.4 Å². The molecule has 7 heteroatoms. The van der Waals surface area contributed by atoms with E-state index >= 15 is 0 Å². The Kier molecular flexibility index (Phi) is 19.6. The number of amides is 1. The third-order valence-electron chi connectivity index (χ3n) is 5.81. The summed E-state index contributed by atoms with van der Waals surface area (Å²) in [5, 5.41) is 13.1. The molecule has 0 saturated heterocycles. The predicted octanol–water partition coefficient (Wildman–Crippen LogP) is 5.78. The number of rotatable bonds is 22. The summed E-state index contributed by atoms with van der Waals surface area (Å²) in [4.78, 5) is 12.2. The number of hydrogen-bond acceptors (Lipinski definition) is 4. The predicted molar refractivity (Wildman–Crippen MR) is 129 cm³/mol. The van der Waals surface area contributed by atoms with E-state index in [1.165, 1.54) is 64.2 Å². The van der Waals surface area contributed by atoms with Gasteiger partial charge in [-0.2, -0.15) is 8.42 Å². The number of carbonyl (C=O) groups is 1. The molecule has 0 aromatic heterocycles. The van der Waals surface area contributed by atoms with E-state index in [1.807, 2.05) is 0 Å². The third-order valence-corrected chi connectivity index (χ3v) is 6.59. The summed E-state index contributed by atoms with van der Waals surface area (Å²) in [5.74, 6) is -0.899. The molecule has 0 radical (unpaired) electrons. The highest BCUT2D eigenvalue weighted by Gasteiger charge is 2.25. The first-order chi connectivity index (χ1) is 14.8. The van der Waals surface area contributed by atoms with E-state index in [9.17, 15) is 22.9 Å². The SMILES string of the molecule is CCCCCCCCCCC(=O)NC(CS(=O)(=O)O)C(O)CCCCCCCCCC. The van der Waals surface area contributed by atoms with Gasteiger partial charge in [0.05, 0.1) is 17.9 Å². The van der Waals surface area contributed by atoms with Crippen LogP contribution in [-0.4, -0.2) is 41.9 Å². The summed E-state index contributed by atoms with van der Waals surface area (Å²) in [6.07, 6.45) is 17.9. The summed E-state index contributed by atoms with van der Waals surface area (Å²) >= 11 is 0. The smallest absolute Gasteiger partial charge is 0.266 e. The first-order valence-electron chi connectivity index (χ1n) is 12.7. The van der Waals surface area contributed by atoms with Crippen LogP contribution in [-0.2, 0) is 14.9 Å². The number of unbranched alkanes of at least 4 members (excludes halogenated alkanes) is 14. The second-order valence-corrected chi connectivity index (χ2v) is 10.5. The van der Waals surface area contributed by atoms with Crippen LogP contribution in [0.5, 0.6) is 0 Å². The fourth-order valence-corrected chi connectivity index (χ4v) is 4.62. The van der Waals surface area contributed by atoms with Gasteiger partial charge in [0, 0.05) is 6.42 Å². The van der Waals surface area contributed by atoms with E-state index in [-0.39, 0.29) is 5.91 Å². The molecule has 0 aliphatic heterocycles. The molecule has 31 heavy (non-hydrogen) atoms. The zero-order valence-corrected chi connectivity index (χ0v) is 20.9. The van der Waals surface area contributed by atoms with Crippen LogP contribution >= 0.6 is 0 Å². The molecule has 0 bridgehead atoms. The Morgan fingerprint density at radius 3 is 1.61 bits per heavy atom. The zero-order valence-electron chi connectivity index (χ0n) is 20.1. The zero-order chi connectivity index (χ0) is 23.4. The topological polar surface area (TPSA) is 104 Å². The minimum absolute atomic E-state index is 0.255. The molecule has 0 aliphatic carbocycles. The van der Waals surface area contributed by atoms with Crippen molar-refractivity contribution in [3.05, 3.63) is 0 Å². The number of hydrogen-bond donors (Lipinski definition) is 3. The van der Waals surface area contributed by atoms with Gasteiger partial charge in [-0.15, -0.1) is 0 Å². The number of aliphatic hydroxyl groups is 1. The minimum Gasteiger partial charge on any atom is -0.391 e. The lowest BCUT2D eigenvalue weighted by atomic mass is 10.0. The lowest BCUT2D eigenvalue weighted by Crippen LogP contribution is -2.47. The summed E-state index contributed by atoms with van der Waals surface area (Å²) in [6, 6.07) is -0.957. The van der Waals surface area contributed by atoms with E-state index in [2.05, 4.69) is 19.2 Å².